The Balaban J connectivity index is 1.84. The molecule has 0 atom stereocenters. The number of likely N-dealkylation sites (tertiary alicyclic amines) is 1. The van der Waals surface area contributed by atoms with Crippen LogP contribution in [0, 0.1) is 0 Å². The van der Waals surface area contributed by atoms with E-state index in [0.717, 1.165) is 25.9 Å². The van der Waals surface area contributed by atoms with Crippen molar-refractivity contribution in [2.24, 2.45) is 0 Å². The highest BCUT2D eigenvalue weighted by Crippen LogP contribution is 2.14. The molecule has 2 aromatic rings. The van der Waals surface area contributed by atoms with E-state index in [-0.39, 0.29) is 29.6 Å². The van der Waals surface area contributed by atoms with Crippen LogP contribution in [0.2, 0.25) is 0 Å². The second kappa shape index (κ2) is 6.20. The van der Waals surface area contributed by atoms with Crippen LogP contribution in [0.1, 0.15) is 23.3 Å². The third-order valence-electron chi connectivity index (χ3n) is 4.08. The van der Waals surface area contributed by atoms with Gasteiger partial charge in [0.15, 0.2) is 5.69 Å². The van der Waals surface area contributed by atoms with Gasteiger partial charge in [-0.05, 0) is 18.9 Å². The lowest BCUT2D eigenvalue weighted by atomic mass is 10.1. The second-order valence-corrected chi connectivity index (χ2v) is 5.70. The average Bonchev–Trinajstić information content (AvgIpc) is 3.09. The third-order valence-corrected chi connectivity index (χ3v) is 4.08. The third kappa shape index (κ3) is 2.94. The number of amides is 2. The van der Waals surface area contributed by atoms with Crippen molar-refractivity contribution in [3.05, 3.63) is 40.3 Å². The predicted octanol–water partition coefficient (Wildman–Crippen LogP) is 0.617. The lowest BCUT2D eigenvalue weighted by molar-refractivity contribution is -0.130. The van der Waals surface area contributed by atoms with E-state index in [9.17, 15) is 14.4 Å². The van der Waals surface area contributed by atoms with E-state index in [4.69, 9.17) is 0 Å². The van der Waals surface area contributed by atoms with Crippen LogP contribution >= 0.6 is 0 Å². The van der Waals surface area contributed by atoms with Gasteiger partial charge in [-0.1, -0.05) is 18.2 Å². The van der Waals surface area contributed by atoms with Crippen molar-refractivity contribution in [2.45, 2.75) is 12.8 Å². The largest absolute Gasteiger partial charge is 0.341 e. The number of hydrogen-bond acceptors (Lipinski definition) is 4. The number of benzene rings is 1. The van der Waals surface area contributed by atoms with Crippen molar-refractivity contribution in [1.29, 1.82) is 0 Å². The molecule has 1 aromatic carbocycles. The van der Waals surface area contributed by atoms with Gasteiger partial charge in [0.1, 0.15) is 0 Å². The van der Waals surface area contributed by atoms with Gasteiger partial charge in [-0.2, -0.15) is 5.10 Å². The first-order valence-electron chi connectivity index (χ1n) is 7.58. The first kappa shape index (κ1) is 15.2. The number of hydrogen-bond donors (Lipinski definition) is 1. The van der Waals surface area contributed by atoms with Gasteiger partial charge in [-0.15, -0.1) is 0 Å². The molecule has 3 rings (SSSR count). The lowest BCUT2D eigenvalue weighted by Crippen LogP contribution is -2.40. The minimum atomic E-state index is -0.384. The van der Waals surface area contributed by atoms with Crippen LogP contribution in [0.5, 0.6) is 0 Å². The van der Waals surface area contributed by atoms with E-state index in [1.54, 1.807) is 36.2 Å². The molecule has 2 amide bonds. The molecule has 2 heterocycles. The maximum Gasteiger partial charge on any atom is 0.275 e. The Morgan fingerprint density at radius 1 is 1.22 bits per heavy atom. The number of H-pyrrole nitrogens is 1. The van der Waals surface area contributed by atoms with E-state index in [2.05, 4.69) is 10.2 Å². The maximum absolute atomic E-state index is 12.6. The summed E-state index contributed by atoms with van der Waals surface area (Å²) >= 11 is 0. The summed E-state index contributed by atoms with van der Waals surface area (Å²) in [7, 11) is 1.57. The number of likely N-dealkylation sites (N-methyl/N-ethyl adjacent to an activating group) is 1. The summed E-state index contributed by atoms with van der Waals surface area (Å²) in [6.45, 7) is 1.51. The standard InChI is InChI=1S/C16H18N4O3/c1-19(10-13(21)20-8-4-5-9-20)16(23)14-11-6-2-3-7-12(11)15(22)18-17-14/h2-3,6-7H,4-5,8-10H2,1H3,(H,18,22). The molecule has 1 fully saturated rings. The molecule has 7 nitrogen and oxygen atoms in total. The molecule has 23 heavy (non-hydrogen) atoms. The predicted molar refractivity (Wildman–Crippen MR) is 85.1 cm³/mol. The van der Waals surface area contributed by atoms with Gasteiger partial charge in [-0.25, -0.2) is 5.10 Å². The van der Waals surface area contributed by atoms with Crippen molar-refractivity contribution in [3.63, 3.8) is 0 Å². The Morgan fingerprint density at radius 2 is 1.87 bits per heavy atom. The van der Waals surface area contributed by atoms with Crippen LogP contribution < -0.4 is 5.56 Å². The smallest absolute Gasteiger partial charge is 0.275 e. The molecule has 7 heteroatoms. The number of nitrogens with one attached hydrogen (secondary N) is 1. The Labute approximate surface area is 132 Å². The minimum absolute atomic E-state index is 0.00790. The van der Waals surface area contributed by atoms with E-state index in [0.29, 0.717) is 10.8 Å². The average molecular weight is 314 g/mol. The fraction of sp³-hybridized carbons (Fsp3) is 0.375. The highest BCUT2D eigenvalue weighted by Gasteiger charge is 2.23. The quantitative estimate of drug-likeness (QED) is 0.899. The lowest BCUT2D eigenvalue weighted by Gasteiger charge is -2.21. The molecular formula is C16H18N4O3. The van der Waals surface area contributed by atoms with E-state index in [1.165, 1.54) is 4.90 Å². The van der Waals surface area contributed by atoms with E-state index >= 15 is 0 Å². The van der Waals surface area contributed by atoms with Crippen LogP contribution in [0.15, 0.2) is 29.1 Å². The number of fused-ring (bicyclic) bond motifs is 1. The fourth-order valence-corrected chi connectivity index (χ4v) is 2.80. The van der Waals surface area contributed by atoms with E-state index in [1.807, 2.05) is 0 Å². The first-order valence-corrected chi connectivity index (χ1v) is 7.58. The van der Waals surface area contributed by atoms with Crippen LogP contribution in [-0.4, -0.2) is 58.5 Å². The Bertz CT molecular complexity index is 808. The SMILES string of the molecule is CN(CC(=O)N1CCCC1)C(=O)c1n[nH]c(=O)c2ccccc12. The zero-order valence-corrected chi connectivity index (χ0v) is 12.9. The van der Waals surface area contributed by atoms with Crippen LogP contribution in [0.3, 0.4) is 0 Å². The van der Waals surface area contributed by atoms with Gasteiger partial charge in [0.25, 0.3) is 11.5 Å². The molecule has 1 aliphatic heterocycles. The molecule has 1 saturated heterocycles. The zero-order valence-electron chi connectivity index (χ0n) is 12.9. The number of nitrogens with zero attached hydrogens (tertiary/aromatic N) is 3. The monoisotopic (exact) mass is 314 g/mol. The van der Waals surface area contributed by atoms with Crippen LogP contribution in [0.4, 0.5) is 0 Å². The number of rotatable bonds is 3. The molecule has 0 spiro atoms. The van der Waals surface area contributed by atoms with Crippen molar-refractivity contribution in [2.75, 3.05) is 26.7 Å². The van der Waals surface area contributed by atoms with Gasteiger partial charge in [0.05, 0.1) is 11.9 Å². The van der Waals surface area contributed by atoms with Gasteiger partial charge in [-0.3, -0.25) is 14.4 Å². The van der Waals surface area contributed by atoms with Gasteiger partial charge in [0, 0.05) is 25.5 Å². The molecule has 120 valence electrons. The summed E-state index contributed by atoms with van der Waals surface area (Å²) in [4.78, 5) is 39.6. The first-order chi connectivity index (χ1) is 11.1. The van der Waals surface area contributed by atoms with Crippen LogP contribution in [0.25, 0.3) is 10.8 Å². The summed E-state index contributed by atoms with van der Waals surface area (Å²) in [6.07, 6.45) is 2.02. The Morgan fingerprint density at radius 3 is 2.57 bits per heavy atom. The molecule has 0 radical (unpaired) electrons. The molecule has 1 aliphatic rings. The summed E-state index contributed by atoms with van der Waals surface area (Å²) in [5.74, 6) is -0.447. The summed E-state index contributed by atoms with van der Waals surface area (Å²) in [5.41, 5.74) is -0.190. The van der Waals surface area contributed by atoms with Crippen molar-refractivity contribution in [3.8, 4) is 0 Å². The summed E-state index contributed by atoms with van der Waals surface area (Å²) in [6, 6.07) is 6.80. The van der Waals surface area contributed by atoms with Gasteiger partial charge >= 0.3 is 0 Å². The molecule has 1 N–H and O–H groups in total. The van der Waals surface area contributed by atoms with Crippen molar-refractivity contribution in [1.82, 2.24) is 20.0 Å². The van der Waals surface area contributed by atoms with E-state index < -0.39 is 0 Å². The molecule has 0 aliphatic carbocycles. The van der Waals surface area contributed by atoms with Crippen molar-refractivity contribution >= 4 is 22.6 Å². The van der Waals surface area contributed by atoms with Crippen molar-refractivity contribution < 1.29 is 9.59 Å². The Hall–Kier alpha value is -2.70. The summed E-state index contributed by atoms with van der Waals surface area (Å²) < 4.78 is 0. The number of aromatic nitrogens is 2. The second-order valence-electron chi connectivity index (χ2n) is 5.70. The zero-order chi connectivity index (χ0) is 16.4. The van der Waals surface area contributed by atoms with Crippen LogP contribution in [-0.2, 0) is 4.79 Å². The highest BCUT2D eigenvalue weighted by atomic mass is 16.2. The Kier molecular flexibility index (Phi) is 4.10. The number of carbonyl (C=O) groups excluding carboxylic acids is 2. The molecular weight excluding hydrogens is 296 g/mol. The molecule has 0 unspecified atom stereocenters. The molecule has 0 saturated carbocycles. The normalized spacial score (nSPS) is 14.2. The summed E-state index contributed by atoms with van der Waals surface area (Å²) in [5, 5.41) is 7.11. The number of aromatic amines is 1. The molecule has 1 aromatic heterocycles. The number of carbonyl (C=O) groups is 2. The highest BCUT2D eigenvalue weighted by molar-refractivity contribution is 6.05. The van der Waals surface area contributed by atoms with Gasteiger partial charge in [0.2, 0.25) is 5.91 Å². The molecule has 0 bridgehead atoms. The fourth-order valence-electron chi connectivity index (χ4n) is 2.80. The topological polar surface area (TPSA) is 86.4 Å². The van der Waals surface area contributed by atoms with Gasteiger partial charge < -0.3 is 9.80 Å². The maximum atomic E-state index is 12.6. The minimum Gasteiger partial charge on any atom is -0.341 e.